The number of anilines is 1. The van der Waals surface area contributed by atoms with E-state index in [-0.39, 0.29) is 5.56 Å². The smallest absolute Gasteiger partial charge is 0.268 e. The highest BCUT2D eigenvalue weighted by molar-refractivity contribution is 6.17. The minimum atomic E-state index is -0.0476. The van der Waals surface area contributed by atoms with Gasteiger partial charge in [-0.05, 0) is 12.8 Å². The zero-order chi connectivity index (χ0) is 12.8. The number of rotatable bonds is 5. The lowest BCUT2D eigenvalue weighted by Gasteiger charge is -2.28. The SMILES string of the molecule is O=c1cc(N2CCOCC2)cnn1CCCCCl. The Kier molecular flexibility index (Phi) is 5.01. The van der Waals surface area contributed by atoms with Gasteiger partial charge in [-0.2, -0.15) is 5.10 Å². The van der Waals surface area contributed by atoms with Crippen molar-refractivity contribution in [2.45, 2.75) is 19.4 Å². The van der Waals surface area contributed by atoms with Crippen LogP contribution in [0.25, 0.3) is 0 Å². The second-order valence-electron chi connectivity index (χ2n) is 4.27. The van der Waals surface area contributed by atoms with E-state index in [1.807, 2.05) is 0 Å². The van der Waals surface area contributed by atoms with Gasteiger partial charge in [-0.15, -0.1) is 11.6 Å². The molecule has 0 unspecified atom stereocenters. The molecule has 0 N–H and O–H groups in total. The van der Waals surface area contributed by atoms with Gasteiger partial charge in [0.2, 0.25) is 0 Å². The Morgan fingerprint density at radius 3 is 2.78 bits per heavy atom. The molecule has 18 heavy (non-hydrogen) atoms. The average molecular weight is 272 g/mol. The van der Waals surface area contributed by atoms with E-state index in [4.69, 9.17) is 16.3 Å². The van der Waals surface area contributed by atoms with Crippen LogP contribution in [0.2, 0.25) is 0 Å². The molecule has 5 nitrogen and oxygen atoms in total. The summed E-state index contributed by atoms with van der Waals surface area (Å²) >= 11 is 5.61. The van der Waals surface area contributed by atoms with E-state index in [1.165, 1.54) is 4.68 Å². The Hall–Kier alpha value is -1.07. The summed E-state index contributed by atoms with van der Waals surface area (Å²) in [5, 5.41) is 4.20. The minimum absolute atomic E-state index is 0.0476. The molecule has 1 aliphatic heterocycles. The molecule has 0 aliphatic carbocycles. The van der Waals surface area contributed by atoms with Crippen LogP contribution in [0.5, 0.6) is 0 Å². The number of unbranched alkanes of at least 4 members (excludes halogenated alkanes) is 1. The Bertz CT molecular complexity index is 430. The predicted octanol–water partition coefficient (Wildman–Crippen LogP) is 1.10. The summed E-state index contributed by atoms with van der Waals surface area (Å²) in [6.07, 6.45) is 3.54. The molecule has 1 fully saturated rings. The fraction of sp³-hybridized carbons (Fsp3) is 0.667. The van der Waals surface area contributed by atoms with Crippen LogP contribution < -0.4 is 10.5 Å². The number of hydrogen-bond donors (Lipinski definition) is 0. The van der Waals surface area contributed by atoms with Crippen LogP contribution in [0.15, 0.2) is 17.1 Å². The second-order valence-corrected chi connectivity index (χ2v) is 4.65. The van der Waals surface area contributed by atoms with Crippen molar-refractivity contribution in [2.24, 2.45) is 0 Å². The van der Waals surface area contributed by atoms with E-state index in [0.717, 1.165) is 31.6 Å². The molecule has 0 atom stereocenters. The van der Waals surface area contributed by atoms with Crippen LogP contribution in [0.4, 0.5) is 5.69 Å². The van der Waals surface area contributed by atoms with Gasteiger partial charge < -0.3 is 9.64 Å². The van der Waals surface area contributed by atoms with E-state index in [9.17, 15) is 4.79 Å². The Balaban J connectivity index is 2.02. The molecule has 1 aromatic heterocycles. The first-order chi connectivity index (χ1) is 8.81. The molecular weight excluding hydrogens is 254 g/mol. The number of aromatic nitrogens is 2. The number of ether oxygens (including phenoxy) is 1. The lowest BCUT2D eigenvalue weighted by molar-refractivity contribution is 0.122. The number of aryl methyl sites for hydroxylation is 1. The maximum absolute atomic E-state index is 11.9. The molecule has 0 bridgehead atoms. The normalized spacial score (nSPS) is 15.9. The van der Waals surface area contributed by atoms with Crippen LogP contribution in [-0.4, -0.2) is 42.0 Å². The highest BCUT2D eigenvalue weighted by Crippen LogP contribution is 2.11. The van der Waals surface area contributed by atoms with Crippen molar-refractivity contribution in [3.8, 4) is 0 Å². The van der Waals surface area contributed by atoms with Crippen LogP contribution in [0.3, 0.4) is 0 Å². The third kappa shape index (κ3) is 3.46. The molecule has 0 amide bonds. The number of nitrogens with zero attached hydrogens (tertiary/aromatic N) is 3. The van der Waals surface area contributed by atoms with Gasteiger partial charge in [0.25, 0.3) is 5.56 Å². The van der Waals surface area contributed by atoms with E-state index in [2.05, 4.69) is 10.00 Å². The molecule has 0 saturated carbocycles. The Morgan fingerprint density at radius 2 is 2.11 bits per heavy atom. The molecule has 100 valence electrons. The third-order valence-electron chi connectivity index (χ3n) is 2.98. The predicted molar refractivity (Wildman–Crippen MR) is 71.5 cm³/mol. The number of halogens is 1. The highest BCUT2D eigenvalue weighted by atomic mass is 35.5. The molecule has 2 rings (SSSR count). The summed E-state index contributed by atoms with van der Waals surface area (Å²) < 4.78 is 6.78. The molecule has 1 aliphatic rings. The summed E-state index contributed by atoms with van der Waals surface area (Å²) in [6, 6.07) is 1.65. The third-order valence-corrected chi connectivity index (χ3v) is 3.25. The van der Waals surface area contributed by atoms with Gasteiger partial charge >= 0.3 is 0 Å². The molecular formula is C12H18ClN3O2. The largest absolute Gasteiger partial charge is 0.378 e. The van der Waals surface area contributed by atoms with Crippen molar-refractivity contribution in [2.75, 3.05) is 37.1 Å². The molecule has 1 aromatic rings. The van der Waals surface area contributed by atoms with Crippen molar-refractivity contribution in [3.05, 3.63) is 22.6 Å². The molecule has 0 spiro atoms. The lowest BCUT2D eigenvalue weighted by Crippen LogP contribution is -2.37. The Labute approximate surface area is 111 Å². The van der Waals surface area contributed by atoms with Gasteiger partial charge in [0.1, 0.15) is 0 Å². The molecule has 1 saturated heterocycles. The van der Waals surface area contributed by atoms with E-state index in [1.54, 1.807) is 12.3 Å². The van der Waals surface area contributed by atoms with Crippen LogP contribution >= 0.6 is 11.6 Å². The first kappa shape index (κ1) is 13.4. The quantitative estimate of drug-likeness (QED) is 0.594. The molecule has 2 heterocycles. The summed E-state index contributed by atoms with van der Waals surface area (Å²) in [7, 11) is 0. The summed E-state index contributed by atoms with van der Waals surface area (Å²) in [6.45, 7) is 3.68. The van der Waals surface area contributed by atoms with Gasteiger partial charge in [-0.25, -0.2) is 4.68 Å². The van der Waals surface area contributed by atoms with Crippen LogP contribution in [0.1, 0.15) is 12.8 Å². The number of hydrogen-bond acceptors (Lipinski definition) is 4. The van der Waals surface area contributed by atoms with Gasteiger partial charge in [-0.1, -0.05) is 0 Å². The maximum atomic E-state index is 11.9. The van der Waals surface area contributed by atoms with E-state index >= 15 is 0 Å². The first-order valence-corrected chi connectivity index (χ1v) is 6.80. The number of morpholine rings is 1. The van der Waals surface area contributed by atoms with Gasteiger partial charge in [-0.3, -0.25) is 4.79 Å². The van der Waals surface area contributed by atoms with Crippen molar-refractivity contribution in [1.82, 2.24) is 9.78 Å². The Morgan fingerprint density at radius 1 is 1.33 bits per heavy atom. The standard InChI is InChI=1S/C12H18ClN3O2/c13-3-1-2-4-16-12(17)9-11(10-14-16)15-5-7-18-8-6-15/h9-10H,1-8H2. The second kappa shape index (κ2) is 6.75. The van der Waals surface area contributed by atoms with Crippen molar-refractivity contribution < 1.29 is 4.74 Å². The topological polar surface area (TPSA) is 47.4 Å². The first-order valence-electron chi connectivity index (χ1n) is 6.27. The summed E-state index contributed by atoms with van der Waals surface area (Å²) in [4.78, 5) is 14.0. The minimum Gasteiger partial charge on any atom is -0.378 e. The van der Waals surface area contributed by atoms with Crippen LogP contribution in [0, 0.1) is 0 Å². The van der Waals surface area contributed by atoms with Gasteiger partial charge in [0, 0.05) is 31.6 Å². The van der Waals surface area contributed by atoms with Crippen molar-refractivity contribution in [1.29, 1.82) is 0 Å². The van der Waals surface area contributed by atoms with Crippen LogP contribution in [-0.2, 0) is 11.3 Å². The number of alkyl halides is 1. The van der Waals surface area contributed by atoms with Gasteiger partial charge in [0.05, 0.1) is 25.1 Å². The van der Waals surface area contributed by atoms with Crippen molar-refractivity contribution >= 4 is 17.3 Å². The fourth-order valence-electron chi connectivity index (χ4n) is 1.94. The van der Waals surface area contributed by atoms with E-state index in [0.29, 0.717) is 25.6 Å². The maximum Gasteiger partial charge on any atom is 0.268 e. The monoisotopic (exact) mass is 271 g/mol. The average Bonchev–Trinajstić information content (AvgIpc) is 2.42. The molecule has 6 heteroatoms. The molecule has 0 radical (unpaired) electrons. The molecule has 0 aromatic carbocycles. The van der Waals surface area contributed by atoms with Crippen molar-refractivity contribution in [3.63, 3.8) is 0 Å². The summed E-state index contributed by atoms with van der Waals surface area (Å²) in [5.74, 6) is 0.626. The summed E-state index contributed by atoms with van der Waals surface area (Å²) in [5.41, 5.74) is 0.838. The van der Waals surface area contributed by atoms with E-state index < -0.39 is 0 Å². The van der Waals surface area contributed by atoms with Gasteiger partial charge in [0.15, 0.2) is 0 Å². The fourth-order valence-corrected chi connectivity index (χ4v) is 2.13. The zero-order valence-electron chi connectivity index (χ0n) is 10.3. The highest BCUT2D eigenvalue weighted by Gasteiger charge is 2.12. The lowest BCUT2D eigenvalue weighted by atomic mass is 10.3. The zero-order valence-corrected chi connectivity index (χ0v) is 11.1.